The highest BCUT2D eigenvalue weighted by molar-refractivity contribution is 6.34. The molecule has 0 fully saturated rings. The van der Waals surface area contributed by atoms with Crippen LogP contribution in [0.5, 0.6) is 11.5 Å². The van der Waals surface area contributed by atoms with Gasteiger partial charge in [-0.05, 0) is 61.6 Å². The van der Waals surface area contributed by atoms with E-state index in [0.29, 0.717) is 22.1 Å². The lowest BCUT2D eigenvalue weighted by atomic mass is 9.47. The van der Waals surface area contributed by atoms with E-state index in [1.54, 1.807) is 32.9 Å². The Bertz CT molecular complexity index is 1270. The van der Waals surface area contributed by atoms with Crippen molar-refractivity contribution >= 4 is 28.1 Å². The van der Waals surface area contributed by atoms with Gasteiger partial charge in [0, 0.05) is 5.41 Å². The predicted molar refractivity (Wildman–Crippen MR) is 120 cm³/mol. The first kappa shape index (κ1) is 22.2. The SMILES string of the molecule is CC(=O)C1=C(C)[C@@H](C(C)C)[C@]2(C)Cc3c(c(O)c4c(O)cccc4c3C)C(=O)[C@]2(O)C1=O. The van der Waals surface area contributed by atoms with Gasteiger partial charge in [-0.1, -0.05) is 38.5 Å². The first-order chi connectivity index (χ1) is 14.8. The molecule has 0 spiro atoms. The Hall–Kier alpha value is -2.99. The number of allylic oxidation sites excluding steroid dienone is 1. The van der Waals surface area contributed by atoms with E-state index in [-0.39, 0.29) is 34.6 Å². The maximum atomic E-state index is 13.9. The van der Waals surface area contributed by atoms with Crippen LogP contribution in [0.1, 0.15) is 56.1 Å². The summed E-state index contributed by atoms with van der Waals surface area (Å²) in [5.41, 5.74) is -2.18. The molecule has 0 saturated carbocycles. The van der Waals surface area contributed by atoms with Crippen LogP contribution in [-0.4, -0.2) is 38.3 Å². The van der Waals surface area contributed by atoms with Crippen LogP contribution in [0.3, 0.4) is 0 Å². The monoisotopic (exact) mass is 436 g/mol. The van der Waals surface area contributed by atoms with Gasteiger partial charge in [0.1, 0.15) is 11.5 Å². The Morgan fingerprint density at radius 2 is 1.75 bits per heavy atom. The number of aromatic hydroxyl groups is 2. The highest BCUT2D eigenvalue weighted by Crippen LogP contribution is 2.59. The molecule has 0 radical (unpaired) electrons. The molecule has 0 saturated heterocycles. The van der Waals surface area contributed by atoms with Crippen LogP contribution in [0.25, 0.3) is 10.8 Å². The molecule has 3 atom stereocenters. The molecule has 2 aliphatic rings. The molecule has 4 rings (SSSR count). The molecule has 0 heterocycles. The van der Waals surface area contributed by atoms with Crippen molar-refractivity contribution in [3.63, 3.8) is 0 Å². The fraction of sp³-hybridized carbons (Fsp3) is 0.423. The molecule has 0 bridgehead atoms. The summed E-state index contributed by atoms with van der Waals surface area (Å²) < 4.78 is 0. The average Bonchev–Trinajstić information content (AvgIpc) is 2.68. The van der Waals surface area contributed by atoms with Crippen LogP contribution < -0.4 is 0 Å². The van der Waals surface area contributed by atoms with E-state index >= 15 is 0 Å². The van der Waals surface area contributed by atoms with E-state index in [4.69, 9.17) is 0 Å². The van der Waals surface area contributed by atoms with Crippen molar-refractivity contribution in [3.8, 4) is 11.5 Å². The minimum absolute atomic E-state index is 0.0678. The second kappa shape index (κ2) is 6.75. The minimum Gasteiger partial charge on any atom is -0.507 e. The first-order valence-corrected chi connectivity index (χ1v) is 10.8. The number of aliphatic hydroxyl groups is 1. The van der Waals surface area contributed by atoms with E-state index in [0.717, 1.165) is 0 Å². The van der Waals surface area contributed by atoms with E-state index in [2.05, 4.69) is 0 Å². The molecule has 168 valence electrons. The van der Waals surface area contributed by atoms with Gasteiger partial charge in [-0.25, -0.2) is 0 Å². The lowest BCUT2D eigenvalue weighted by molar-refractivity contribution is -0.150. The summed E-state index contributed by atoms with van der Waals surface area (Å²) in [7, 11) is 0. The third kappa shape index (κ3) is 2.41. The first-order valence-electron chi connectivity index (χ1n) is 10.8. The number of Topliss-reactive ketones (excluding diaryl/α,β-unsaturated/α-hetero) is 3. The zero-order valence-corrected chi connectivity index (χ0v) is 19.2. The van der Waals surface area contributed by atoms with Crippen molar-refractivity contribution in [1.82, 2.24) is 0 Å². The van der Waals surface area contributed by atoms with Gasteiger partial charge in [-0.2, -0.15) is 0 Å². The standard InChI is InChI=1S/C26H28O6/c1-11(2)21-13(4)18(14(5)27)23(30)26(32)24(31)20-16(10-25(21,26)6)12(3)15-8-7-9-17(28)19(15)22(20)29/h7-9,11,21,28-29,32H,10H2,1-6H3/t21-,25+,26-/m1/s1. The number of fused-ring (bicyclic) bond motifs is 3. The number of carbonyl (C=O) groups excluding carboxylic acids is 3. The van der Waals surface area contributed by atoms with Gasteiger partial charge in [0.05, 0.1) is 16.5 Å². The lowest BCUT2D eigenvalue weighted by Crippen LogP contribution is -2.68. The molecule has 32 heavy (non-hydrogen) atoms. The summed E-state index contributed by atoms with van der Waals surface area (Å²) in [6.07, 6.45) is 0.159. The molecule has 2 aromatic rings. The number of hydrogen-bond donors (Lipinski definition) is 3. The number of phenols is 2. The van der Waals surface area contributed by atoms with E-state index in [9.17, 15) is 29.7 Å². The van der Waals surface area contributed by atoms with Gasteiger partial charge in [-0.3, -0.25) is 14.4 Å². The van der Waals surface area contributed by atoms with E-state index in [1.807, 2.05) is 13.8 Å². The molecule has 6 nitrogen and oxygen atoms in total. The number of carbonyl (C=O) groups is 3. The molecular weight excluding hydrogens is 408 g/mol. The van der Waals surface area contributed by atoms with Crippen LogP contribution in [0.2, 0.25) is 0 Å². The Kier molecular flexibility index (Phi) is 4.69. The Morgan fingerprint density at radius 1 is 1.12 bits per heavy atom. The molecular formula is C26H28O6. The van der Waals surface area contributed by atoms with E-state index in [1.165, 1.54) is 13.0 Å². The van der Waals surface area contributed by atoms with Gasteiger partial charge in [0.2, 0.25) is 11.6 Å². The molecule has 2 aliphatic carbocycles. The minimum atomic E-state index is -2.50. The second-order valence-electron chi connectivity index (χ2n) is 9.83. The Balaban J connectivity index is 2.15. The normalized spacial score (nSPS) is 27.7. The van der Waals surface area contributed by atoms with Crippen molar-refractivity contribution in [2.24, 2.45) is 17.3 Å². The fourth-order valence-electron chi connectivity index (χ4n) is 6.48. The summed E-state index contributed by atoms with van der Waals surface area (Å²) in [5, 5.41) is 34.0. The number of aryl methyl sites for hydroxylation is 1. The number of rotatable bonds is 2. The average molecular weight is 437 g/mol. The van der Waals surface area contributed by atoms with Crippen molar-refractivity contribution in [2.45, 2.75) is 53.6 Å². The number of ketones is 3. The van der Waals surface area contributed by atoms with Gasteiger partial charge < -0.3 is 15.3 Å². The summed E-state index contributed by atoms with van der Waals surface area (Å²) in [6.45, 7) is 10.4. The predicted octanol–water partition coefficient (Wildman–Crippen LogP) is 3.80. The molecule has 6 heteroatoms. The maximum absolute atomic E-state index is 13.9. The van der Waals surface area contributed by atoms with Gasteiger partial charge >= 0.3 is 0 Å². The van der Waals surface area contributed by atoms with Crippen molar-refractivity contribution in [3.05, 3.63) is 46.0 Å². The highest BCUT2D eigenvalue weighted by atomic mass is 16.3. The largest absolute Gasteiger partial charge is 0.507 e. The molecule has 0 amide bonds. The van der Waals surface area contributed by atoms with Crippen LogP contribution in [-0.2, 0) is 16.0 Å². The van der Waals surface area contributed by atoms with Crippen LogP contribution in [0.4, 0.5) is 0 Å². The summed E-state index contributed by atoms with van der Waals surface area (Å²) in [5.74, 6) is -3.47. The van der Waals surface area contributed by atoms with E-state index < -0.39 is 40.0 Å². The van der Waals surface area contributed by atoms with Crippen molar-refractivity contribution in [1.29, 1.82) is 0 Å². The third-order valence-corrected chi connectivity index (χ3v) is 7.72. The third-order valence-electron chi connectivity index (χ3n) is 7.72. The molecule has 3 N–H and O–H groups in total. The van der Waals surface area contributed by atoms with Crippen LogP contribution in [0, 0.1) is 24.2 Å². The summed E-state index contributed by atoms with van der Waals surface area (Å²) in [4.78, 5) is 39.9. The Morgan fingerprint density at radius 3 is 2.31 bits per heavy atom. The zero-order valence-electron chi connectivity index (χ0n) is 19.2. The second-order valence-corrected chi connectivity index (χ2v) is 9.83. The van der Waals surface area contributed by atoms with Gasteiger partial charge in [0.15, 0.2) is 11.4 Å². The van der Waals surface area contributed by atoms with Gasteiger partial charge in [0.25, 0.3) is 0 Å². The summed E-state index contributed by atoms with van der Waals surface area (Å²) in [6, 6.07) is 4.82. The molecule has 2 aromatic carbocycles. The number of benzene rings is 2. The van der Waals surface area contributed by atoms with Crippen molar-refractivity contribution < 1.29 is 29.7 Å². The molecule has 0 aliphatic heterocycles. The molecule has 0 aromatic heterocycles. The highest BCUT2D eigenvalue weighted by Gasteiger charge is 2.68. The van der Waals surface area contributed by atoms with Crippen molar-refractivity contribution in [2.75, 3.05) is 0 Å². The quantitative estimate of drug-likeness (QED) is 0.488. The smallest absolute Gasteiger partial charge is 0.207 e. The van der Waals surface area contributed by atoms with Crippen LogP contribution >= 0.6 is 0 Å². The summed E-state index contributed by atoms with van der Waals surface area (Å²) >= 11 is 0. The lowest BCUT2D eigenvalue weighted by Gasteiger charge is -2.55. The number of phenolic OH excluding ortho intramolecular Hbond substituents is 2. The maximum Gasteiger partial charge on any atom is 0.207 e. The topological polar surface area (TPSA) is 112 Å². The molecule has 0 unspecified atom stereocenters. The fourth-order valence-corrected chi connectivity index (χ4v) is 6.48. The number of hydrogen-bond acceptors (Lipinski definition) is 6. The Labute approximate surface area is 186 Å². The van der Waals surface area contributed by atoms with Crippen LogP contribution in [0.15, 0.2) is 29.3 Å². The zero-order chi connectivity index (χ0) is 23.9. The van der Waals surface area contributed by atoms with Gasteiger partial charge in [-0.15, -0.1) is 0 Å².